The van der Waals surface area contributed by atoms with E-state index in [0.717, 1.165) is 32.3 Å². The fraction of sp³-hybridized carbons (Fsp3) is 0.867. The minimum atomic E-state index is -1.20. The van der Waals surface area contributed by atoms with Crippen LogP contribution in [0.1, 0.15) is 52.9 Å². The Balaban J connectivity index is 2.56. The van der Waals surface area contributed by atoms with Crippen molar-refractivity contribution >= 4 is 11.9 Å². The van der Waals surface area contributed by atoms with Crippen LogP contribution in [0.2, 0.25) is 0 Å². The highest BCUT2D eigenvalue weighted by molar-refractivity contribution is 5.99. The van der Waals surface area contributed by atoms with Crippen molar-refractivity contribution in [3.63, 3.8) is 0 Å². The maximum atomic E-state index is 12.1. The lowest BCUT2D eigenvalue weighted by atomic mass is 9.84. The van der Waals surface area contributed by atoms with Gasteiger partial charge in [-0.3, -0.25) is 9.59 Å². The molecule has 1 aliphatic rings. The third-order valence-corrected chi connectivity index (χ3v) is 3.68. The van der Waals surface area contributed by atoms with E-state index in [9.17, 15) is 9.59 Å². The first-order chi connectivity index (χ1) is 9.54. The molecule has 1 saturated heterocycles. The van der Waals surface area contributed by atoms with Crippen LogP contribution in [-0.2, 0) is 23.8 Å². The lowest BCUT2D eigenvalue weighted by Gasteiger charge is -2.25. The molecule has 5 heteroatoms. The zero-order chi connectivity index (χ0) is 15.0. The molecule has 1 aliphatic heterocycles. The lowest BCUT2D eigenvalue weighted by molar-refractivity contribution is -0.171. The Morgan fingerprint density at radius 1 is 1.20 bits per heavy atom. The molecule has 0 N–H and O–H groups in total. The minimum Gasteiger partial charge on any atom is -0.465 e. The summed E-state index contributed by atoms with van der Waals surface area (Å²) in [4.78, 5) is 24.1. The molecule has 0 aromatic heterocycles. The van der Waals surface area contributed by atoms with E-state index >= 15 is 0 Å². The van der Waals surface area contributed by atoms with Crippen molar-refractivity contribution < 1.29 is 23.8 Å². The number of hydrogen-bond acceptors (Lipinski definition) is 5. The van der Waals surface area contributed by atoms with Crippen molar-refractivity contribution in [2.75, 3.05) is 19.8 Å². The predicted molar refractivity (Wildman–Crippen MR) is 74.2 cm³/mol. The van der Waals surface area contributed by atoms with Gasteiger partial charge < -0.3 is 14.2 Å². The molecule has 1 atom stereocenters. The van der Waals surface area contributed by atoms with Gasteiger partial charge in [0.2, 0.25) is 0 Å². The molecule has 1 unspecified atom stereocenters. The summed E-state index contributed by atoms with van der Waals surface area (Å²) < 4.78 is 15.6. The topological polar surface area (TPSA) is 61.8 Å². The largest absolute Gasteiger partial charge is 0.465 e. The molecule has 0 aromatic rings. The van der Waals surface area contributed by atoms with Gasteiger partial charge in [-0.05, 0) is 52.9 Å². The number of hydrogen-bond donors (Lipinski definition) is 0. The Morgan fingerprint density at radius 2 is 1.80 bits per heavy atom. The van der Waals surface area contributed by atoms with Gasteiger partial charge in [-0.15, -0.1) is 0 Å². The molecule has 0 aromatic carbocycles. The minimum absolute atomic E-state index is 0.263. The van der Waals surface area contributed by atoms with Crippen LogP contribution in [0.3, 0.4) is 0 Å². The standard InChI is InChI=1S/C15H26O5/c1-4-18-13(16)15(3,14(17)19-5-2)10-6-8-12-9-7-11-20-12/h12H,4-11H2,1-3H3. The van der Waals surface area contributed by atoms with Crippen LogP contribution < -0.4 is 0 Å². The van der Waals surface area contributed by atoms with Crippen molar-refractivity contribution in [1.82, 2.24) is 0 Å². The van der Waals surface area contributed by atoms with Gasteiger partial charge in [0, 0.05) is 6.61 Å². The first-order valence-electron chi connectivity index (χ1n) is 7.50. The number of ether oxygens (including phenoxy) is 3. The Kier molecular flexibility index (Phi) is 6.99. The van der Waals surface area contributed by atoms with E-state index in [-0.39, 0.29) is 19.3 Å². The summed E-state index contributed by atoms with van der Waals surface area (Å²) in [5.74, 6) is -0.989. The van der Waals surface area contributed by atoms with Gasteiger partial charge >= 0.3 is 11.9 Å². The number of carbonyl (C=O) groups excluding carboxylic acids is 2. The maximum absolute atomic E-state index is 12.1. The molecule has 5 nitrogen and oxygen atoms in total. The molecule has 0 saturated carbocycles. The molecule has 0 spiro atoms. The molecule has 0 bridgehead atoms. The fourth-order valence-electron chi connectivity index (χ4n) is 2.42. The van der Waals surface area contributed by atoms with Crippen molar-refractivity contribution in [3.8, 4) is 0 Å². The highest BCUT2D eigenvalue weighted by Crippen LogP contribution is 2.29. The summed E-state index contributed by atoms with van der Waals surface area (Å²) in [6, 6.07) is 0. The molecule has 1 fully saturated rings. The van der Waals surface area contributed by atoms with Gasteiger partial charge in [0.1, 0.15) is 0 Å². The van der Waals surface area contributed by atoms with Crippen molar-refractivity contribution in [2.45, 2.75) is 59.0 Å². The van der Waals surface area contributed by atoms with Gasteiger partial charge in [-0.1, -0.05) is 0 Å². The summed E-state index contributed by atoms with van der Waals surface area (Å²) in [5.41, 5.74) is -1.20. The second-order valence-corrected chi connectivity index (χ2v) is 5.30. The average molecular weight is 286 g/mol. The summed E-state index contributed by atoms with van der Waals surface area (Å²) in [5, 5.41) is 0. The molecule has 0 aliphatic carbocycles. The lowest BCUT2D eigenvalue weighted by Crippen LogP contribution is -2.39. The highest BCUT2D eigenvalue weighted by atomic mass is 16.6. The molecule has 0 amide bonds. The van der Waals surface area contributed by atoms with Crippen molar-refractivity contribution in [1.29, 1.82) is 0 Å². The van der Waals surface area contributed by atoms with E-state index in [1.165, 1.54) is 0 Å². The Hall–Kier alpha value is -1.10. The van der Waals surface area contributed by atoms with E-state index in [4.69, 9.17) is 14.2 Å². The van der Waals surface area contributed by atoms with E-state index in [0.29, 0.717) is 6.42 Å². The zero-order valence-electron chi connectivity index (χ0n) is 12.8. The van der Waals surface area contributed by atoms with Gasteiger partial charge in [0.15, 0.2) is 5.41 Å². The van der Waals surface area contributed by atoms with Crippen LogP contribution in [0.4, 0.5) is 0 Å². The van der Waals surface area contributed by atoms with E-state index in [1.807, 2.05) is 0 Å². The third-order valence-electron chi connectivity index (χ3n) is 3.68. The second kappa shape index (κ2) is 8.25. The van der Waals surface area contributed by atoms with Crippen LogP contribution in [0.5, 0.6) is 0 Å². The second-order valence-electron chi connectivity index (χ2n) is 5.30. The van der Waals surface area contributed by atoms with Crippen LogP contribution in [0, 0.1) is 5.41 Å². The predicted octanol–water partition coefficient (Wildman–Crippen LogP) is 2.47. The van der Waals surface area contributed by atoms with Crippen LogP contribution in [0.15, 0.2) is 0 Å². The average Bonchev–Trinajstić information content (AvgIpc) is 2.92. The van der Waals surface area contributed by atoms with E-state index in [2.05, 4.69) is 0 Å². The van der Waals surface area contributed by atoms with E-state index < -0.39 is 17.4 Å². The molecular formula is C15H26O5. The molecule has 0 radical (unpaired) electrons. The number of rotatable bonds is 8. The van der Waals surface area contributed by atoms with Crippen molar-refractivity contribution in [3.05, 3.63) is 0 Å². The van der Waals surface area contributed by atoms with Crippen LogP contribution in [-0.4, -0.2) is 37.9 Å². The molecular weight excluding hydrogens is 260 g/mol. The normalized spacial score (nSPS) is 18.9. The first-order valence-corrected chi connectivity index (χ1v) is 7.50. The maximum Gasteiger partial charge on any atom is 0.323 e. The number of carbonyl (C=O) groups is 2. The summed E-state index contributed by atoms with van der Waals surface area (Å²) >= 11 is 0. The quantitative estimate of drug-likeness (QED) is 0.506. The fourth-order valence-corrected chi connectivity index (χ4v) is 2.42. The molecule has 1 heterocycles. The van der Waals surface area contributed by atoms with Gasteiger partial charge in [-0.25, -0.2) is 0 Å². The molecule has 1 rings (SSSR count). The molecule has 116 valence electrons. The SMILES string of the molecule is CCOC(=O)C(C)(CCCC1CCCO1)C(=O)OCC. The van der Waals surface area contributed by atoms with Gasteiger partial charge in [0.25, 0.3) is 0 Å². The van der Waals surface area contributed by atoms with Crippen LogP contribution in [0.25, 0.3) is 0 Å². The summed E-state index contributed by atoms with van der Waals surface area (Å²) in [7, 11) is 0. The third kappa shape index (κ3) is 4.47. The first kappa shape index (κ1) is 17.0. The summed E-state index contributed by atoms with van der Waals surface area (Å²) in [6.07, 6.45) is 4.48. The highest BCUT2D eigenvalue weighted by Gasteiger charge is 2.43. The zero-order valence-corrected chi connectivity index (χ0v) is 12.8. The van der Waals surface area contributed by atoms with Crippen LogP contribution >= 0.6 is 0 Å². The summed E-state index contributed by atoms with van der Waals surface area (Å²) in [6.45, 7) is 6.42. The van der Waals surface area contributed by atoms with Crippen molar-refractivity contribution in [2.24, 2.45) is 5.41 Å². The van der Waals surface area contributed by atoms with E-state index in [1.54, 1.807) is 20.8 Å². The molecule has 20 heavy (non-hydrogen) atoms. The Bertz CT molecular complexity index is 302. The monoisotopic (exact) mass is 286 g/mol. The Morgan fingerprint density at radius 3 is 2.25 bits per heavy atom. The Labute approximate surface area is 121 Å². The van der Waals surface area contributed by atoms with Gasteiger partial charge in [0.05, 0.1) is 19.3 Å². The van der Waals surface area contributed by atoms with Gasteiger partial charge in [-0.2, -0.15) is 0 Å². The smallest absolute Gasteiger partial charge is 0.323 e. The number of esters is 2.